The van der Waals surface area contributed by atoms with Crippen LogP contribution in [0.4, 0.5) is 0 Å². The van der Waals surface area contributed by atoms with Gasteiger partial charge in [-0.2, -0.15) is 0 Å². The first kappa shape index (κ1) is 42.9. The van der Waals surface area contributed by atoms with Crippen LogP contribution in [-0.2, 0) is 30.3 Å². The Bertz CT molecular complexity index is 1780. The van der Waals surface area contributed by atoms with Crippen molar-refractivity contribution in [2.75, 3.05) is 26.3 Å². The summed E-state index contributed by atoms with van der Waals surface area (Å²) in [6.07, 6.45) is 17.7. The van der Waals surface area contributed by atoms with Crippen LogP contribution in [0.25, 0.3) is 0 Å². The van der Waals surface area contributed by atoms with Gasteiger partial charge in [0, 0.05) is 17.0 Å². The van der Waals surface area contributed by atoms with Gasteiger partial charge in [0.05, 0.1) is 13.1 Å². The molecular weight excluding hydrogens is 756 g/mol. The predicted octanol–water partition coefficient (Wildman–Crippen LogP) is 8.23. The van der Waals surface area contributed by atoms with Crippen LogP contribution >= 0.6 is 0 Å². The molecule has 57 heavy (non-hydrogen) atoms. The van der Waals surface area contributed by atoms with Crippen molar-refractivity contribution in [2.45, 2.75) is 13.2 Å². The SMILES string of the molecule is O=C(NCCOc1ccc(OCc2ccccc2)cc1)c1cc([C]2[CH][CH][CH][CH]2)cc(C(=O)NCCOc2ccc(OCc3ccccc3)cc2)c1.[CH]1[CH][CH][CH][CH]1.[Fe+2]. The summed E-state index contributed by atoms with van der Waals surface area (Å²) in [5, 5.41) is 5.80. The molecule has 0 aliphatic heterocycles. The largest absolute Gasteiger partial charge is 2.00 e. The zero-order valence-corrected chi connectivity index (χ0v) is 32.5. The van der Waals surface area contributed by atoms with E-state index in [0.717, 1.165) is 34.1 Å². The minimum atomic E-state index is -0.301. The minimum absolute atomic E-state index is 0. The van der Waals surface area contributed by atoms with E-state index in [4.69, 9.17) is 18.9 Å². The summed E-state index contributed by atoms with van der Waals surface area (Å²) in [4.78, 5) is 26.4. The molecule has 2 saturated carbocycles. The van der Waals surface area contributed by atoms with E-state index in [1.807, 2.05) is 167 Å². The first-order valence-electron chi connectivity index (χ1n) is 18.5. The van der Waals surface area contributed by atoms with E-state index in [-0.39, 0.29) is 55.2 Å². The third kappa shape index (κ3) is 14.7. The number of hydrogen-bond acceptors (Lipinski definition) is 6. The molecule has 0 bridgehead atoms. The van der Waals surface area contributed by atoms with Crippen molar-refractivity contribution in [3.63, 3.8) is 0 Å². The number of ether oxygens (including phenoxy) is 4. The van der Waals surface area contributed by atoms with Crippen molar-refractivity contribution in [1.82, 2.24) is 10.6 Å². The van der Waals surface area contributed by atoms with Gasteiger partial charge in [-0.15, -0.1) is 0 Å². The zero-order valence-electron chi connectivity index (χ0n) is 31.4. The fraction of sp³-hybridized carbons (Fsp3) is 0.125. The van der Waals surface area contributed by atoms with Gasteiger partial charge in [-0.25, -0.2) is 0 Å². The molecule has 0 unspecified atom stereocenters. The molecule has 10 radical (unpaired) electrons. The van der Waals surface area contributed by atoms with Crippen LogP contribution < -0.4 is 29.6 Å². The van der Waals surface area contributed by atoms with E-state index in [1.54, 1.807) is 18.2 Å². The molecule has 9 heteroatoms. The van der Waals surface area contributed by atoms with Gasteiger partial charge < -0.3 is 29.6 Å². The molecule has 0 heterocycles. The van der Waals surface area contributed by atoms with Crippen LogP contribution in [-0.4, -0.2) is 38.1 Å². The fourth-order valence-electron chi connectivity index (χ4n) is 5.56. The first-order valence-corrected chi connectivity index (χ1v) is 18.5. The second-order valence-corrected chi connectivity index (χ2v) is 12.6. The Balaban J connectivity index is 0.000000959. The third-order valence-electron chi connectivity index (χ3n) is 8.47. The molecule has 2 N–H and O–H groups in total. The van der Waals surface area contributed by atoms with E-state index in [0.29, 0.717) is 35.8 Å². The van der Waals surface area contributed by atoms with Crippen molar-refractivity contribution in [1.29, 1.82) is 0 Å². The number of hydrogen-bond donors (Lipinski definition) is 2. The Morgan fingerprint density at radius 1 is 0.439 bits per heavy atom. The number of carbonyl (C=O) groups is 2. The maximum absolute atomic E-state index is 13.2. The van der Waals surface area contributed by atoms with Crippen molar-refractivity contribution < 1.29 is 45.6 Å². The fourth-order valence-corrected chi connectivity index (χ4v) is 5.56. The van der Waals surface area contributed by atoms with E-state index in [9.17, 15) is 9.59 Å². The number of benzene rings is 5. The molecule has 2 aliphatic carbocycles. The molecule has 5 aromatic carbocycles. The summed E-state index contributed by atoms with van der Waals surface area (Å²) in [6, 6.07) is 39.8. The van der Waals surface area contributed by atoms with Crippen LogP contribution in [0.15, 0.2) is 127 Å². The van der Waals surface area contributed by atoms with Crippen molar-refractivity contribution in [3.05, 3.63) is 219 Å². The molecule has 0 saturated heterocycles. The molecule has 2 amide bonds. The summed E-state index contributed by atoms with van der Waals surface area (Å²) in [5.74, 6) is 3.14. The smallest absolute Gasteiger partial charge is 0.492 e. The van der Waals surface area contributed by atoms with Crippen LogP contribution in [0, 0.1) is 63.7 Å². The quantitative estimate of drug-likeness (QED) is 0.0728. The Hall–Kier alpha value is -5.24. The van der Waals surface area contributed by atoms with Gasteiger partial charge in [0.2, 0.25) is 0 Å². The molecule has 0 atom stereocenters. The van der Waals surface area contributed by atoms with Crippen molar-refractivity contribution in [2.24, 2.45) is 0 Å². The Kier molecular flexibility index (Phi) is 17.9. The number of carbonyl (C=O) groups excluding carboxylic acids is 2. The minimum Gasteiger partial charge on any atom is -0.492 e. The predicted molar refractivity (Wildman–Crippen MR) is 218 cm³/mol. The maximum Gasteiger partial charge on any atom is 2.00 e. The summed E-state index contributed by atoms with van der Waals surface area (Å²) in [7, 11) is 0. The number of rotatable bonds is 17. The molecule has 7 rings (SSSR count). The van der Waals surface area contributed by atoms with Crippen molar-refractivity contribution >= 4 is 11.8 Å². The topological polar surface area (TPSA) is 95.1 Å². The average Bonchev–Trinajstić information content (AvgIpc) is 4.03. The molecule has 0 aromatic heterocycles. The average molecular weight is 801 g/mol. The van der Waals surface area contributed by atoms with Crippen LogP contribution in [0.1, 0.15) is 37.4 Å². The van der Waals surface area contributed by atoms with Gasteiger partial charge in [-0.1, -0.05) is 60.7 Å². The Morgan fingerprint density at radius 3 is 1.19 bits per heavy atom. The second kappa shape index (κ2) is 23.7. The second-order valence-electron chi connectivity index (χ2n) is 12.6. The third-order valence-corrected chi connectivity index (χ3v) is 8.47. The number of amides is 2. The normalized spacial score (nSPS) is 13.3. The van der Waals surface area contributed by atoms with Crippen molar-refractivity contribution in [3.8, 4) is 23.0 Å². The summed E-state index contributed by atoms with van der Waals surface area (Å²) in [6.45, 7) is 2.08. The molecule has 5 aromatic rings. The van der Waals surface area contributed by atoms with E-state index >= 15 is 0 Å². The summed E-state index contributed by atoms with van der Waals surface area (Å²) >= 11 is 0. The summed E-state index contributed by atoms with van der Waals surface area (Å²) in [5.41, 5.74) is 3.72. The Morgan fingerprint density at radius 2 is 0.807 bits per heavy atom. The zero-order chi connectivity index (χ0) is 38.6. The standard InChI is InChI=1S/C43H39N2O6.C5H5.Fe/c46-42(44-23-25-48-38-15-19-40(20-16-38)50-30-32-9-3-1-4-10-32)36-27-35(34-13-7-8-14-34)28-37(29-36)43(47)45-24-26-49-39-17-21-41(22-18-39)51-31-33-11-5-2-6-12-33;1-2-4-5-3-1;/h1-22,27-29H,23-26,30-31H2,(H,44,46)(H,45,47);1-5H;/q;;+2. The maximum atomic E-state index is 13.2. The monoisotopic (exact) mass is 800 g/mol. The molecule has 8 nitrogen and oxygen atoms in total. The van der Waals surface area contributed by atoms with Crippen LogP contribution in [0.2, 0.25) is 0 Å². The Labute approximate surface area is 348 Å². The van der Waals surface area contributed by atoms with E-state index < -0.39 is 0 Å². The first-order chi connectivity index (χ1) is 27.6. The molecular formula is C48H44FeN2O6+2. The summed E-state index contributed by atoms with van der Waals surface area (Å²) < 4.78 is 23.3. The van der Waals surface area contributed by atoms with Gasteiger partial charge in [0.1, 0.15) is 49.4 Å². The van der Waals surface area contributed by atoms with Gasteiger partial charge in [-0.05, 0) is 141 Å². The number of nitrogens with one attached hydrogen (secondary N) is 2. The van der Waals surface area contributed by atoms with Crippen LogP contribution in [0.3, 0.4) is 0 Å². The van der Waals surface area contributed by atoms with E-state index in [1.165, 1.54) is 0 Å². The van der Waals surface area contributed by atoms with Gasteiger partial charge in [0.15, 0.2) is 0 Å². The van der Waals surface area contributed by atoms with Gasteiger partial charge >= 0.3 is 17.1 Å². The van der Waals surface area contributed by atoms with Crippen LogP contribution in [0.5, 0.6) is 23.0 Å². The molecule has 2 aliphatic rings. The molecule has 0 spiro atoms. The molecule has 288 valence electrons. The van der Waals surface area contributed by atoms with Gasteiger partial charge in [-0.3, -0.25) is 9.59 Å². The van der Waals surface area contributed by atoms with Gasteiger partial charge in [0.25, 0.3) is 11.8 Å². The molecule has 2 fully saturated rings. The van der Waals surface area contributed by atoms with E-state index in [2.05, 4.69) is 10.6 Å².